The highest BCUT2D eigenvalue weighted by molar-refractivity contribution is 5.01. The molecule has 0 amide bonds. The third-order valence-corrected chi connectivity index (χ3v) is 2.48. The topological polar surface area (TPSA) is 78.0 Å². The van der Waals surface area contributed by atoms with Crippen LogP contribution >= 0.6 is 0 Å². The van der Waals surface area contributed by atoms with Gasteiger partial charge in [0.15, 0.2) is 0 Å². The molecule has 1 unspecified atom stereocenters. The van der Waals surface area contributed by atoms with Gasteiger partial charge >= 0.3 is 0 Å². The molecule has 0 aliphatic rings. The van der Waals surface area contributed by atoms with Crippen LogP contribution in [0.4, 0.5) is 0 Å². The Hall–Kier alpha value is -0.980. The number of aryl methyl sites for hydroxylation is 1. The van der Waals surface area contributed by atoms with Gasteiger partial charge in [-0.3, -0.25) is 11.3 Å². The summed E-state index contributed by atoms with van der Waals surface area (Å²) in [5.74, 6) is 5.55. The van der Waals surface area contributed by atoms with Crippen LogP contribution in [0.3, 0.4) is 0 Å². The van der Waals surface area contributed by atoms with Crippen molar-refractivity contribution in [2.75, 3.05) is 13.7 Å². The molecule has 1 heterocycles. The fourth-order valence-electron chi connectivity index (χ4n) is 1.67. The number of ether oxygens (including phenoxy) is 1. The Bertz CT molecular complexity index is 288. The highest BCUT2D eigenvalue weighted by Gasteiger charge is 2.14. The van der Waals surface area contributed by atoms with Gasteiger partial charge in [0.05, 0.1) is 17.9 Å². The Morgan fingerprint density at radius 2 is 2.44 bits per heavy atom. The van der Waals surface area contributed by atoms with Crippen LogP contribution in [0.2, 0.25) is 0 Å². The van der Waals surface area contributed by atoms with Gasteiger partial charge in [-0.2, -0.15) is 0 Å². The molecule has 0 aliphatic heterocycles. The monoisotopic (exact) mass is 227 g/mol. The first kappa shape index (κ1) is 13.1. The van der Waals surface area contributed by atoms with E-state index < -0.39 is 0 Å². The van der Waals surface area contributed by atoms with Crippen molar-refractivity contribution in [2.45, 2.75) is 38.8 Å². The van der Waals surface area contributed by atoms with Gasteiger partial charge < -0.3 is 4.74 Å². The van der Waals surface area contributed by atoms with Crippen LogP contribution < -0.4 is 11.3 Å². The van der Waals surface area contributed by atoms with E-state index in [-0.39, 0.29) is 6.04 Å². The average molecular weight is 227 g/mol. The van der Waals surface area contributed by atoms with Crippen LogP contribution in [0.15, 0.2) is 6.20 Å². The minimum atomic E-state index is 0.0942. The number of hydrogen-bond donors (Lipinski definition) is 2. The molecule has 0 fully saturated rings. The van der Waals surface area contributed by atoms with Crippen molar-refractivity contribution in [3.63, 3.8) is 0 Å². The maximum Gasteiger partial charge on any atom is 0.0770 e. The standard InChI is InChI=1S/C10H21N5O/c1-3-6-15-10(8-12-14-15)9(13-11)5-4-7-16-2/h8-9,13H,3-7,11H2,1-2H3. The van der Waals surface area contributed by atoms with E-state index in [0.29, 0.717) is 0 Å². The molecule has 0 bridgehead atoms. The lowest BCUT2D eigenvalue weighted by atomic mass is 10.1. The molecule has 16 heavy (non-hydrogen) atoms. The molecule has 0 aliphatic carbocycles. The quantitative estimate of drug-likeness (QED) is 0.387. The van der Waals surface area contributed by atoms with Crippen LogP contribution in [0.25, 0.3) is 0 Å². The molecule has 1 atom stereocenters. The number of methoxy groups -OCH3 is 1. The predicted octanol–water partition coefficient (Wildman–Crippen LogP) is 0.619. The van der Waals surface area contributed by atoms with Crippen molar-refractivity contribution in [1.29, 1.82) is 0 Å². The van der Waals surface area contributed by atoms with Crippen molar-refractivity contribution in [1.82, 2.24) is 20.4 Å². The normalized spacial score (nSPS) is 12.9. The Balaban J connectivity index is 2.59. The smallest absolute Gasteiger partial charge is 0.0770 e. The zero-order valence-corrected chi connectivity index (χ0v) is 10.0. The Labute approximate surface area is 96.1 Å². The first-order valence-corrected chi connectivity index (χ1v) is 5.67. The molecule has 3 N–H and O–H groups in total. The summed E-state index contributed by atoms with van der Waals surface area (Å²) in [6.45, 7) is 3.73. The minimum absolute atomic E-state index is 0.0942. The zero-order valence-electron chi connectivity index (χ0n) is 10.0. The van der Waals surface area contributed by atoms with E-state index in [0.717, 1.165) is 38.1 Å². The van der Waals surface area contributed by atoms with E-state index >= 15 is 0 Å². The van der Waals surface area contributed by atoms with E-state index in [4.69, 9.17) is 10.6 Å². The van der Waals surface area contributed by atoms with E-state index in [1.165, 1.54) is 0 Å². The molecule has 1 aromatic rings. The van der Waals surface area contributed by atoms with Gasteiger partial charge in [0, 0.05) is 20.3 Å². The van der Waals surface area contributed by atoms with Crippen molar-refractivity contribution in [3.8, 4) is 0 Å². The molecule has 1 rings (SSSR count). The van der Waals surface area contributed by atoms with E-state index in [1.54, 1.807) is 13.3 Å². The third-order valence-electron chi connectivity index (χ3n) is 2.48. The number of nitrogens with zero attached hydrogens (tertiary/aromatic N) is 3. The van der Waals surface area contributed by atoms with Crippen molar-refractivity contribution in [3.05, 3.63) is 11.9 Å². The molecular formula is C10H21N5O. The number of hydrazine groups is 1. The minimum Gasteiger partial charge on any atom is -0.385 e. The van der Waals surface area contributed by atoms with Crippen LogP contribution in [0, 0.1) is 0 Å². The lowest BCUT2D eigenvalue weighted by molar-refractivity contribution is 0.188. The summed E-state index contributed by atoms with van der Waals surface area (Å²) < 4.78 is 6.93. The molecule has 0 saturated carbocycles. The Morgan fingerprint density at radius 1 is 1.62 bits per heavy atom. The molecule has 0 spiro atoms. The number of hydrogen-bond acceptors (Lipinski definition) is 5. The molecule has 0 radical (unpaired) electrons. The molecule has 92 valence electrons. The predicted molar refractivity (Wildman–Crippen MR) is 61.5 cm³/mol. The summed E-state index contributed by atoms with van der Waals surface area (Å²) in [4.78, 5) is 0. The lowest BCUT2D eigenvalue weighted by Crippen LogP contribution is -2.30. The summed E-state index contributed by atoms with van der Waals surface area (Å²) >= 11 is 0. The molecule has 0 saturated heterocycles. The second-order valence-electron chi connectivity index (χ2n) is 3.74. The van der Waals surface area contributed by atoms with Gasteiger partial charge in [-0.05, 0) is 19.3 Å². The Kier molecular flexibility index (Phi) is 5.99. The van der Waals surface area contributed by atoms with Crippen LogP contribution in [-0.2, 0) is 11.3 Å². The maximum atomic E-state index is 5.55. The molecule has 6 nitrogen and oxygen atoms in total. The fraction of sp³-hybridized carbons (Fsp3) is 0.800. The van der Waals surface area contributed by atoms with Gasteiger partial charge in [-0.25, -0.2) is 4.68 Å². The first-order valence-electron chi connectivity index (χ1n) is 5.67. The maximum absolute atomic E-state index is 5.55. The molecule has 6 heteroatoms. The lowest BCUT2D eigenvalue weighted by Gasteiger charge is -2.16. The second kappa shape index (κ2) is 7.32. The molecule has 0 aromatic carbocycles. The number of nitrogens with two attached hydrogens (primary N) is 1. The number of rotatable bonds is 8. The van der Waals surface area contributed by atoms with Crippen LogP contribution in [-0.4, -0.2) is 28.7 Å². The van der Waals surface area contributed by atoms with Crippen LogP contribution in [0.1, 0.15) is 37.9 Å². The van der Waals surface area contributed by atoms with Gasteiger partial charge in [-0.15, -0.1) is 5.10 Å². The average Bonchev–Trinajstić information content (AvgIpc) is 2.73. The SMILES string of the molecule is CCCn1nncc1C(CCCOC)NN. The molecular weight excluding hydrogens is 206 g/mol. The van der Waals surface area contributed by atoms with E-state index in [1.807, 2.05) is 4.68 Å². The van der Waals surface area contributed by atoms with Gasteiger partial charge in [0.25, 0.3) is 0 Å². The highest BCUT2D eigenvalue weighted by atomic mass is 16.5. The second-order valence-corrected chi connectivity index (χ2v) is 3.74. The van der Waals surface area contributed by atoms with Crippen molar-refractivity contribution < 1.29 is 4.74 Å². The summed E-state index contributed by atoms with van der Waals surface area (Å²) in [6, 6.07) is 0.0942. The summed E-state index contributed by atoms with van der Waals surface area (Å²) in [5.41, 5.74) is 3.85. The summed E-state index contributed by atoms with van der Waals surface area (Å²) in [7, 11) is 1.70. The van der Waals surface area contributed by atoms with Gasteiger partial charge in [0.1, 0.15) is 0 Å². The zero-order chi connectivity index (χ0) is 11.8. The fourth-order valence-corrected chi connectivity index (χ4v) is 1.67. The van der Waals surface area contributed by atoms with Crippen LogP contribution in [0.5, 0.6) is 0 Å². The third kappa shape index (κ3) is 3.55. The molecule has 1 aromatic heterocycles. The largest absolute Gasteiger partial charge is 0.385 e. The Morgan fingerprint density at radius 3 is 3.06 bits per heavy atom. The van der Waals surface area contributed by atoms with Gasteiger partial charge in [0.2, 0.25) is 0 Å². The highest BCUT2D eigenvalue weighted by Crippen LogP contribution is 2.16. The first-order chi connectivity index (χ1) is 7.83. The van der Waals surface area contributed by atoms with Crippen molar-refractivity contribution in [2.24, 2.45) is 5.84 Å². The van der Waals surface area contributed by atoms with E-state index in [9.17, 15) is 0 Å². The number of aromatic nitrogens is 3. The van der Waals surface area contributed by atoms with Gasteiger partial charge in [-0.1, -0.05) is 12.1 Å². The summed E-state index contributed by atoms with van der Waals surface area (Å²) in [6.07, 6.45) is 4.68. The van der Waals surface area contributed by atoms with E-state index in [2.05, 4.69) is 22.7 Å². The number of nitrogens with one attached hydrogen (secondary N) is 1. The van der Waals surface area contributed by atoms with Crippen molar-refractivity contribution >= 4 is 0 Å². The summed E-state index contributed by atoms with van der Waals surface area (Å²) in [5, 5.41) is 7.97.